The van der Waals surface area contributed by atoms with Crippen LogP contribution in [0.5, 0.6) is 11.5 Å². The predicted octanol–water partition coefficient (Wildman–Crippen LogP) is 3.83. The van der Waals surface area contributed by atoms with E-state index in [2.05, 4.69) is 36.5 Å². The van der Waals surface area contributed by atoms with E-state index in [1.165, 1.54) is 17.5 Å². The maximum Gasteiger partial charge on any atom is 0.150 e. The van der Waals surface area contributed by atoms with E-state index in [1.54, 1.807) is 6.07 Å². The molecule has 0 saturated heterocycles. The Morgan fingerprint density at radius 1 is 1.13 bits per heavy atom. The Hall–Kier alpha value is -2.00. The molecule has 0 aliphatic carbocycles. The van der Waals surface area contributed by atoms with Gasteiger partial charge in [0.2, 0.25) is 0 Å². The van der Waals surface area contributed by atoms with Gasteiger partial charge in [-0.25, -0.2) is 0 Å². The molecule has 0 saturated carbocycles. The van der Waals surface area contributed by atoms with Gasteiger partial charge in [-0.2, -0.15) is 0 Å². The summed E-state index contributed by atoms with van der Waals surface area (Å²) in [6.07, 6.45) is 5.11. The molecule has 0 fully saturated rings. The highest BCUT2D eigenvalue weighted by atomic mass is 16.5. The monoisotopic (exact) mass is 311 g/mol. The lowest BCUT2D eigenvalue weighted by molar-refractivity contribution is 0.137. The van der Waals surface area contributed by atoms with E-state index >= 15 is 0 Å². The minimum Gasteiger partial charge on any atom is -0.508 e. The highest BCUT2D eigenvalue weighted by molar-refractivity contribution is 5.45. The average Bonchev–Trinajstić information content (AvgIpc) is 2.56. The van der Waals surface area contributed by atoms with Crippen molar-refractivity contribution in [3.8, 4) is 11.5 Å². The fourth-order valence-corrected chi connectivity index (χ4v) is 3.15. The van der Waals surface area contributed by atoms with Gasteiger partial charge in [-0.1, -0.05) is 43.7 Å². The van der Waals surface area contributed by atoms with Crippen LogP contribution in [0.1, 0.15) is 36.5 Å². The number of hydrogen-bond acceptors (Lipinski definition) is 3. The average molecular weight is 311 g/mol. The van der Waals surface area contributed by atoms with Gasteiger partial charge < -0.3 is 9.84 Å². The predicted molar refractivity (Wildman–Crippen MR) is 93.0 cm³/mol. The molecule has 3 heteroatoms. The van der Waals surface area contributed by atoms with E-state index < -0.39 is 0 Å². The third-order valence-electron chi connectivity index (χ3n) is 4.35. The second-order valence-corrected chi connectivity index (χ2v) is 6.17. The van der Waals surface area contributed by atoms with Crippen molar-refractivity contribution in [2.45, 2.75) is 45.3 Å². The molecule has 3 rings (SSSR count). The number of nitrogens with one attached hydrogen (secondary N) is 1. The van der Waals surface area contributed by atoms with Gasteiger partial charge >= 0.3 is 0 Å². The SMILES string of the molecule is CCCc1cccc(CCNC2CCc3c(O)cccc3O2)c1. The molecular weight excluding hydrogens is 286 g/mol. The smallest absolute Gasteiger partial charge is 0.150 e. The largest absolute Gasteiger partial charge is 0.508 e. The third kappa shape index (κ3) is 4.05. The van der Waals surface area contributed by atoms with Gasteiger partial charge in [-0.05, 0) is 42.5 Å². The number of aryl methyl sites for hydroxylation is 1. The van der Waals surface area contributed by atoms with Crippen LogP contribution in [0.15, 0.2) is 42.5 Å². The summed E-state index contributed by atoms with van der Waals surface area (Å²) in [5.41, 5.74) is 3.72. The Labute approximate surface area is 138 Å². The minimum absolute atomic E-state index is 0.0307. The van der Waals surface area contributed by atoms with Crippen molar-refractivity contribution in [2.75, 3.05) is 6.54 Å². The fraction of sp³-hybridized carbons (Fsp3) is 0.400. The number of aromatic hydroxyl groups is 1. The van der Waals surface area contributed by atoms with Crippen LogP contribution in [0.3, 0.4) is 0 Å². The molecule has 0 amide bonds. The fourth-order valence-electron chi connectivity index (χ4n) is 3.15. The summed E-state index contributed by atoms with van der Waals surface area (Å²) in [6.45, 7) is 3.11. The molecular formula is C20H25NO2. The lowest BCUT2D eigenvalue weighted by atomic mass is 10.0. The first kappa shape index (κ1) is 15.9. The molecule has 23 heavy (non-hydrogen) atoms. The lowest BCUT2D eigenvalue weighted by Crippen LogP contribution is -2.38. The van der Waals surface area contributed by atoms with Crippen LogP contribution < -0.4 is 10.1 Å². The number of phenols is 1. The zero-order valence-electron chi connectivity index (χ0n) is 13.7. The molecule has 0 bridgehead atoms. The van der Waals surface area contributed by atoms with E-state index in [0.717, 1.165) is 43.5 Å². The Balaban J connectivity index is 1.51. The zero-order chi connectivity index (χ0) is 16.1. The van der Waals surface area contributed by atoms with Crippen LogP contribution in [0.25, 0.3) is 0 Å². The maximum atomic E-state index is 9.84. The lowest BCUT2D eigenvalue weighted by Gasteiger charge is -2.27. The molecule has 2 aromatic rings. The first-order chi connectivity index (χ1) is 11.3. The van der Waals surface area contributed by atoms with Crippen LogP contribution in [-0.4, -0.2) is 17.9 Å². The normalized spacial score (nSPS) is 16.7. The first-order valence-electron chi connectivity index (χ1n) is 8.55. The van der Waals surface area contributed by atoms with E-state index in [4.69, 9.17) is 4.74 Å². The van der Waals surface area contributed by atoms with E-state index in [1.807, 2.05) is 12.1 Å². The van der Waals surface area contributed by atoms with Gasteiger partial charge in [0.15, 0.2) is 6.23 Å². The van der Waals surface area contributed by atoms with Crippen molar-refractivity contribution in [3.05, 3.63) is 59.2 Å². The van der Waals surface area contributed by atoms with Crippen LogP contribution in [0, 0.1) is 0 Å². The van der Waals surface area contributed by atoms with Crippen molar-refractivity contribution in [1.29, 1.82) is 0 Å². The van der Waals surface area contributed by atoms with E-state index in [9.17, 15) is 5.11 Å². The van der Waals surface area contributed by atoms with Crippen molar-refractivity contribution < 1.29 is 9.84 Å². The number of fused-ring (bicyclic) bond motifs is 1. The molecule has 1 heterocycles. The van der Waals surface area contributed by atoms with Crippen molar-refractivity contribution in [3.63, 3.8) is 0 Å². The van der Waals surface area contributed by atoms with Crippen molar-refractivity contribution in [1.82, 2.24) is 5.32 Å². The van der Waals surface area contributed by atoms with Crippen LogP contribution in [0.2, 0.25) is 0 Å². The molecule has 3 nitrogen and oxygen atoms in total. The molecule has 0 radical (unpaired) electrons. The molecule has 2 aromatic carbocycles. The Morgan fingerprint density at radius 3 is 2.74 bits per heavy atom. The summed E-state index contributed by atoms with van der Waals surface area (Å²) in [5.74, 6) is 1.15. The number of phenolic OH excluding ortho intramolecular Hbond substituents is 1. The third-order valence-corrected chi connectivity index (χ3v) is 4.35. The van der Waals surface area contributed by atoms with Gasteiger partial charge in [0.25, 0.3) is 0 Å². The second kappa shape index (κ2) is 7.51. The number of ether oxygens (including phenoxy) is 1. The molecule has 1 unspecified atom stereocenters. The summed E-state index contributed by atoms with van der Waals surface area (Å²) < 4.78 is 5.94. The molecule has 0 aromatic heterocycles. The highest BCUT2D eigenvalue weighted by Crippen LogP contribution is 2.33. The topological polar surface area (TPSA) is 41.5 Å². The van der Waals surface area contributed by atoms with Crippen molar-refractivity contribution >= 4 is 0 Å². The van der Waals surface area contributed by atoms with Gasteiger partial charge in [-0.3, -0.25) is 5.32 Å². The molecule has 2 N–H and O–H groups in total. The number of hydrogen-bond donors (Lipinski definition) is 2. The summed E-state index contributed by atoms with van der Waals surface area (Å²) in [4.78, 5) is 0. The van der Waals surface area contributed by atoms with Gasteiger partial charge in [0.1, 0.15) is 11.5 Å². The van der Waals surface area contributed by atoms with E-state index in [-0.39, 0.29) is 6.23 Å². The number of rotatable bonds is 6. The summed E-state index contributed by atoms with van der Waals surface area (Å²) >= 11 is 0. The Bertz CT molecular complexity index is 654. The summed E-state index contributed by atoms with van der Waals surface area (Å²) in [5, 5.41) is 13.3. The van der Waals surface area contributed by atoms with Crippen LogP contribution in [-0.2, 0) is 19.3 Å². The van der Waals surface area contributed by atoms with Gasteiger partial charge in [0, 0.05) is 18.5 Å². The molecule has 1 atom stereocenters. The molecule has 0 spiro atoms. The molecule has 1 aliphatic rings. The maximum absolute atomic E-state index is 9.84. The molecule has 1 aliphatic heterocycles. The quantitative estimate of drug-likeness (QED) is 0.852. The number of benzene rings is 2. The zero-order valence-corrected chi connectivity index (χ0v) is 13.7. The standard InChI is InChI=1S/C20H25NO2/c1-2-5-15-6-3-7-16(14-15)12-13-21-20-11-10-17-18(22)8-4-9-19(17)23-20/h3-4,6-9,14,20-22H,2,5,10-13H2,1H3. The first-order valence-corrected chi connectivity index (χ1v) is 8.55. The Morgan fingerprint density at radius 2 is 1.91 bits per heavy atom. The molecule has 122 valence electrons. The summed E-state index contributed by atoms with van der Waals surface area (Å²) in [6, 6.07) is 14.3. The summed E-state index contributed by atoms with van der Waals surface area (Å²) in [7, 11) is 0. The second-order valence-electron chi connectivity index (χ2n) is 6.17. The van der Waals surface area contributed by atoms with E-state index in [0.29, 0.717) is 5.75 Å². The Kier molecular flexibility index (Phi) is 5.19. The highest BCUT2D eigenvalue weighted by Gasteiger charge is 2.21. The van der Waals surface area contributed by atoms with Gasteiger partial charge in [0.05, 0.1) is 0 Å². The van der Waals surface area contributed by atoms with Crippen LogP contribution in [0.4, 0.5) is 0 Å². The van der Waals surface area contributed by atoms with Gasteiger partial charge in [-0.15, -0.1) is 0 Å². The van der Waals surface area contributed by atoms with Crippen LogP contribution >= 0.6 is 0 Å². The minimum atomic E-state index is 0.0307. The van der Waals surface area contributed by atoms with Crippen molar-refractivity contribution in [2.24, 2.45) is 0 Å².